The summed E-state index contributed by atoms with van der Waals surface area (Å²) in [6, 6.07) is 24.2. The predicted octanol–water partition coefficient (Wildman–Crippen LogP) is 4.17. The van der Waals surface area contributed by atoms with Crippen LogP contribution in [0, 0.1) is 0 Å². The number of para-hydroxylation sites is 1. The maximum Gasteiger partial charge on any atom is 0.242 e. The summed E-state index contributed by atoms with van der Waals surface area (Å²) in [6.07, 6.45) is 0. The zero-order chi connectivity index (χ0) is 16.9. The maximum atomic E-state index is 12.4. The molecule has 24 heavy (non-hydrogen) atoms. The molecule has 122 valence electrons. The van der Waals surface area contributed by atoms with Gasteiger partial charge in [0.05, 0.1) is 0 Å². The van der Waals surface area contributed by atoms with Crippen molar-refractivity contribution in [3.63, 3.8) is 0 Å². The quantitative estimate of drug-likeness (QED) is 0.741. The van der Waals surface area contributed by atoms with Gasteiger partial charge >= 0.3 is 0 Å². The highest BCUT2D eigenvalue weighted by atomic mass is 16.2. The van der Waals surface area contributed by atoms with Crippen LogP contribution in [0.1, 0.15) is 18.4 Å². The molecular weight excluding hydrogens is 296 g/mol. The van der Waals surface area contributed by atoms with Crippen LogP contribution in [0.4, 0.5) is 5.69 Å². The standard InChI is InChI=1S/C21H22N2O/c1-15(17-13-12-16-8-6-7-9-18(16)14-17)20(21(24)22-2)23-19-10-4-3-5-11-19/h3-15,20,23H,1-2H3,(H,22,24)/t15-,20-/m0/s1. The zero-order valence-corrected chi connectivity index (χ0v) is 14.0. The number of rotatable bonds is 5. The fraction of sp³-hybridized carbons (Fsp3) is 0.190. The van der Waals surface area contributed by atoms with Crippen LogP contribution in [0.5, 0.6) is 0 Å². The molecule has 0 heterocycles. The Bertz CT molecular complexity index is 829. The van der Waals surface area contributed by atoms with E-state index in [-0.39, 0.29) is 17.9 Å². The van der Waals surface area contributed by atoms with Gasteiger partial charge in [0.2, 0.25) is 5.91 Å². The van der Waals surface area contributed by atoms with Gasteiger partial charge in [-0.25, -0.2) is 0 Å². The molecule has 0 aliphatic heterocycles. The number of fused-ring (bicyclic) bond motifs is 1. The molecule has 0 aliphatic rings. The molecule has 0 fully saturated rings. The Hall–Kier alpha value is -2.81. The second-order valence-electron chi connectivity index (χ2n) is 6.00. The first kappa shape index (κ1) is 16.1. The lowest BCUT2D eigenvalue weighted by Crippen LogP contribution is -2.41. The van der Waals surface area contributed by atoms with Crippen LogP contribution in [-0.2, 0) is 4.79 Å². The minimum Gasteiger partial charge on any atom is -0.373 e. The lowest BCUT2D eigenvalue weighted by atomic mass is 9.90. The smallest absolute Gasteiger partial charge is 0.242 e. The van der Waals surface area contributed by atoms with E-state index in [2.05, 4.69) is 47.9 Å². The van der Waals surface area contributed by atoms with E-state index in [1.165, 1.54) is 10.8 Å². The van der Waals surface area contributed by atoms with Crippen LogP contribution >= 0.6 is 0 Å². The van der Waals surface area contributed by atoms with E-state index in [9.17, 15) is 4.79 Å². The fourth-order valence-electron chi connectivity index (χ4n) is 2.97. The third-order valence-electron chi connectivity index (χ3n) is 4.42. The minimum atomic E-state index is -0.335. The van der Waals surface area contributed by atoms with Crippen molar-refractivity contribution in [2.45, 2.75) is 18.9 Å². The summed E-state index contributed by atoms with van der Waals surface area (Å²) in [5.74, 6) is 0.0225. The molecule has 3 heteroatoms. The number of carbonyl (C=O) groups excluding carboxylic acids is 1. The highest BCUT2D eigenvalue weighted by molar-refractivity contribution is 5.87. The molecule has 0 radical (unpaired) electrons. The monoisotopic (exact) mass is 318 g/mol. The number of hydrogen-bond acceptors (Lipinski definition) is 2. The van der Waals surface area contributed by atoms with Crippen molar-refractivity contribution in [2.75, 3.05) is 12.4 Å². The van der Waals surface area contributed by atoms with E-state index in [0.717, 1.165) is 11.3 Å². The molecule has 0 aromatic heterocycles. The molecule has 1 amide bonds. The molecule has 3 nitrogen and oxygen atoms in total. The number of amides is 1. The Kier molecular flexibility index (Phi) is 4.80. The van der Waals surface area contributed by atoms with E-state index in [1.54, 1.807) is 7.05 Å². The average molecular weight is 318 g/mol. The summed E-state index contributed by atoms with van der Waals surface area (Å²) < 4.78 is 0. The molecular formula is C21H22N2O. The molecule has 0 spiro atoms. The van der Waals surface area contributed by atoms with Crippen molar-refractivity contribution < 1.29 is 4.79 Å². The van der Waals surface area contributed by atoms with Gasteiger partial charge in [0, 0.05) is 18.7 Å². The predicted molar refractivity (Wildman–Crippen MR) is 100 cm³/mol. The molecule has 0 unspecified atom stereocenters. The Labute approximate surface area is 142 Å². The molecule has 3 aromatic rings. The molecule has 0 saturated heterocycles. The third kappa shape index (κ3) is 3.40. The first-order valence-electron chi connectivity index (χ1n) is 8.21. The van der Waals surface area contributed by atoms with Gasteiger partial charge in [-0.05, 0) is 28.5 Å². The topological polar surface area (TPSA) is 41.1 Å². The lowest BCUT2D eigenvalue weighted by Gasteiger charge is -2.25. The molecule has 0 aliphatic carbocycles. The van der Waals surface area contributed by atoms with Crippen LogP contribution in [0.15, 0.2) is 72.8 Å². The molecule has 3 aromatic carbocycles. The molecule has 0 bridgehead atoms. The summed E-state index contributed by atoms with van der Waals surface area (Å²) >= 11 is 0. The van der Waals surface area contributed by atoms with Gasteiger partial charge in [-0.2, -0.15) is 0 Å². The van der Waals surface area contributed by atoms with Crippen LogP contribution in [0.2, 0.25) is 0 Å². The van der Waals surface area contributed by atoms with E-state index in [1.807, 2.05) is 42.5 Å². The first-order valence-corrected chi connectivity index (χ1v) is 8.21. The number of anilines is 1. The van der Waals surface area contributed by atoms with Gasteiger partial charge in [0.15, 0.2) is 0 Å². The molecule has 0 saturated carbocycles. The van der Waals surface area contributed by atoms with E-state index in [0.29, 0.717) is 0 Å². The fourth-order valence-corrected chi connectivity index (χ4v) is 2.97. The SMILES string of the molecule is CNC(=O)[C@@H](Nc1ccccc1)[C@@H](C)c1ccc2ccccc2c1. The largest absolute Gasteiger partial charge is 0.373 e. The average Bonchev–Trinajstić information content (AvgIpc) is 2.65. The van der Waals surface area contributed by atoms with E-state index >= 15 is 0 Å². The van der Waals surface area contributed by atoms with Crippen molar-refractivity contribution in [3.05, 3.63) is 78.4 Å². The summed E-state index contributed by atoms with van der Waals surface area (Å²) in [7, 11) is 1.68. The van der Waals surface area contributed by atoms with Gasteiger partial charge in [-0.3, -0.25) is 4.79 Å². The minimum absolute atomic E-state index is 0.0143. The van der Waals surface area contributed by atoms with E-state index < -0.39 is 0 Å². The Balaban J connectivity index is 1.91. The second kappa shape index (κ2) is 7.18. The van der Waals surface area contributed by atoms with Crippen molar-refractivity contribution in [1.82, 2.24) is 5.32 Å². The maximum absolute atomic E-state index is 12.4. The number of nitrogens with one attached hydrogen (secondary N) is 2. The first-order chi connectivity index (χ1) is 11.7. The van der Waals surface area contributed by atoms with Crippen LogP contribution < -0.4 is 10.6 Å². The van der Waals surface area contributed by atoms with Crippen molar-refractivity contribution in [2.24, 2.45) is 0 Å². The molecule has 3 rings (SSSR count). The number of likely N-dealkylation sites (N-methyl/N-ethyl adjacent to an activating group) is 1. The third-order valence-corrected chi connectivity index (χ3v) is 4.42. The highest BCUT2D eigenvalue weighted by Gasteiger charge is 2.25. The summed E-state index contributed by atoms with van der Waals surface area (Å²) in [5.41, 5.74) is 2.09. The lowest BCUT2D eigenvalue weighted by molar-refractivity contribution is -0.121. The second-order valence-corrected chi connectivity index (χ2v) is 6.00. The van der Waals surface area contributed by atoms with E-state index in [4.69, 9.17) is 0 Å². The van der Waals surface area contributed by atoms with Crippen LogP contribution in [0.25, 0.3) is 10.8 Å². The van der Waals surface area contributed by atoms with Gasteiger partial charge < -0.3 is 10.6 Å². The Morgan fingerprint density at radius 2 is 1.54 bits per heavy atom. The summed E-state index contributed by atoms with van der Waals surface area (Å²) in [6.45, 7) is 2.08. The number of hydrogen-bond donors (Lipinski definition) is 2. The summed E-state index contributed by atoms with van der Waals surface area (Å²) in [4.78, 5) is 12.4. The van der Waals surface area contributed by atoms with Crippen molar-refractivity contribution >= 4 is 22.4 Å². The highest BCUT2D eigenvalue weighted by Crippen LogP contribution is 2.26. The van der Waals surface area contributed by atoms with Crippen molar-refractivity contribution in [3.8, 4) is 0 Å². The Morgan fingerprint density at radius 3 is 2.25 bits per heavy atom. The van der Waals surface area contributed by atoms with Crippen LogP contribution in [0.3, 0.4) is 0 Å². The van der Waals surface area contributed by atoms with Gasteiger partial charge in [-0.15, -0.1) is 0 Å². The number of carbonyl (C=O) groups is 1. The molecule has 2 N–H and O–H groups in total. The van der Waals surface area contributed by atoms with Gasteiger partial charge in [-0.1, -0.05) is 67.6 Å². The summed E-state index contributed by atoms with van der Waals surface area (Å²) in [5, 5.41) is 8.54. The van der Waals surface area contributed by atoms with Gasteiger partial charge in [0.25, 0.3) is 0 Å². The Morgan fingerprint density at radius 1 is 0.875 bits per heavy atom. The zero-order valence-electron chi connectivity index (χ0n) is 14.0. The molecule has 2 atom stereocenters. The normalized spacial score (nSPS) is 13.2. The van der Waals surface area contributed by atoms with Crippen LogP contribution in [-0.4, -0.2) is 19.0 Å². The van der Waals surface area contributed by atoms with Crippen molar-refractivity contribution in [1.29, 1.82) is 0 Å². The van der Waals surface area contributed by atoms with Gasteiger partial charge in [0.1, 0.15) is 6.04 Å². The number of benzene rings is 3.